The molecule has 100 valence electrons. The van der Waals surface area contributed by atoms with Crippen LogP contribution < -0.4 is 4.74 Å². The number of hydrogen-bond acceptors (Lipinski definition) is 4. The summed E-state index contributed by atoms with van der Waals surface area (Å²) in [5.41, 5.74) is 2.19. The number of aromatic nitrogens is 1. The van der Waals surface area contributed by atoms with Gasteiger partial charge in [0, 0.05) is 17.5 Å². The molecule has 0 aliphatic rings. The summed E-state index contributed by atoms with van der Waals surface area (Å²) >= 11 is 1.61. The zero-order valence-corrected chi connectivity index (χ0v) is 12.0. The van der Waals surface area contributed by atoms with Crippen molar-refractivity contribution in [3.05, 3.63) is 45.9 Å². The number of carbonyl (C=O) groups excluding carboxylic acids is 1. The molecule has 3 nitrogen and oxygen atoms in total. The predicted octanol–water partition coefficient (Wildman–Crippen LogP) is 3.55. The average molecular weight is 275 g/mol. The quantitative estimate of drug-likeness (QED) is 0.809. The first kappa shape index (κ1) is 13.7. The molecule has 0 N–H and O–H groups in total. The number of rotatable bonds is 6. The lowest BCUT2D eigenvalue weighted by molar-refractivity contribution is -0.116. The Kier molecular flexibility index (Phi) is 4.68. The summed E-state index contributed by atoms with van der Waals surface area (Å²) in [6, 6.07) is 7.89. The van der Waals surface area contributed by atoms with Gasteiger partial charge in [-0.2, -0.15) is 0 Å². The molecule has 0 bridgehead atoms. The van der Waals surface area contributed by atoms with Crippen LogP contribution in [0.2, 0.25) is 0 Å². The molecule has 2 aromatic rings. The molecule has 0 saturated carbocycles. The number of ether oxygens (including phenoxy) is 1. The summed E-state index contributed by atoms with van der Waals surface area (Å²) in [6.45, 7) is 4.10. The first-order valence-electron chi connectivity index (χ1n) is 6.25. The molecule has 0 unspecified atom stereocenters. The first-order valence-corrected chi connectivity index (χ1v) is 7.13. The Morgan fingerprint density at radius 1 is 1.32 bits per heavy atom. The van der Waals surface area contributed by atoms with Crippen LogP contribution in [0.4, 0.5) is 0 Å². The van der Waals surface area contributed by atoms with Gasteiger partial charge in [-0.05, 0) is 38.0 Å². The molecule has 0 atom stereocenters. The van der Waals surface area contributed by atoms with Gasteiger partial charge in [0.1, 0.15) is 23.1 Å². The maximum Gasteiger partial charge on any atom is 0.140 e. The average Bonchev–Trinajstić information content (AvgIpc) is 2.81. The van der Waals surface area contributed by atoms with Crippen LogP contribution in [0.1, 0.15) is 29.6 Å². The zero-order valence-electron chi connectivity index (χ0n) is 11.2. The van der Waals surface area contributed by atoms with Crippen molar-refractivity contribution in [3.8, 4) is 5.75 Å². The summed E-state index contributed by atoms with van der Waals surface area (Å²) in [5, 5.41) is 3.00. The highest BCUT2D eigenvalue weighted by molar-refractivity contribution is 7.09. The second-order valence-electron chi connectivity index (χ2n) is 4.52. The third-order valence-electron chi connectivity index (χ3n) is 2.72. The van der Waals surface area contributed by atoms with Crippen LogP contribution in [0.25, 0.3) is 0 Å². The van der Waals surface area contributed by atoms with Gasteiger partial charge in [-0.3, -0.25) is 0 Å². The molecule has 0 saturated heterocycles. The summed E-state index contributed by atoms with van der Waals surface area (Å²) in [7, 11) is 0. The monoisotopic (exact) mass is 275 g/mol. The van der Waals surface area contributed by atoms with E-state index in [2.05, 4.69) is 4.98 Å². The minimum Gasteiger partial charge on any atom is -0.486 e. The predicted molar refractivity (Wildman–Crippen MR) is 76.6 cm³/mol. The second-order valence-corrected chi connectivity index (χ2v) is 5.46. The number of aryl methyl sites for hydroxylation is 2. The first-order chi connectivity index (χ1) is 9.13. The molecular weight excluding hydrogens is 258 g/mol. The van der Waals surface area contributed by atoms with Crippen molar-refractivity contribution in [1.29, 1.82) is 0 Å². The SMILES string of the molecule is CC(=O)CCc1ccc(OCc2nc(C)cs2)cc1. The fraction of sp³-hybridized carbons (Fsp3) is 0.333. The smallest absolute Gasteiger partial charge is 0.140 e. The maximum atomic E-state index is 10.9. The van der Waals surface area contributed by atoms with E-state index in [0.717, 1.165) is 28.4 Å². The van der Waals surface area contributed by atoms with E-state index in [0.29, 0.717) is 13.0 Å². The normalized spacial score (nSPS) is 10.4. The molecule has 0 aliphatic heterocycles. The number of ketones is 1. The van der Waals surface area contributed by atoms with Crippen LogP contribution in [0.15, 0.2) is 29.6 Å². The summed E-state index contributed by atoms with van der Waals surface area (Å²) in [6.07, 6.45) is 1.39. The van der Waals surface area contributed by atoms with Crippen LogP contribution in [-0.4, -0.2) is 10.8 Å². The van der Waals surface area contributed by atoms with E-state index >= 15 is 0 Å². The molecular formula is C15H17NO2S. The van der Waals surface area contributed by atoms with E-state index in [-0.39, 0.29) is 5.78 Å². The highest BCUT2D eigenvalue weighted by Gasteiger charge is 2.01. The molecule has 19 heavy (non-hydrogen) atoms. The van der Waals surface area contributed by atoms with E-state index in [4.69, 9.17) is 4.74 Å². The van der Waals surface area contributed by atoms with Gasteiger partial charge in [0.05, 0.1) is 0 Å². The van der Waals surface area contributed by atoms with Gasteiger partial charge in [-0.25, -0.2) is 4.98 Å². The Morgan fingerprint density at radius 2 is 2.05 bits per heavy atom. The summed E-state index contributed by atoms with van der Waals surface area (Å²) in [5.74, 6) is 1.05. The van der Waals surface area contributed by atoms with E-state index in [9.17, 15) is 4.79 Å². The van der Waals surface area contributed by atoms with Crippen molar-refractivity contribution in [2.45, 2.75) is 33.3 Å². The lowest BCUT2D eigenvalue weighted by Gasteiger charge is -2.05. The van der Waals surface area contributed by atoms with Crippen molar-refractivity contribution < 1.29 is 9.53 Å². The van der Waals surface area contributed by atoms with Gasteiger partial charge in [0.25, 0.3) is 0 Å². The van der Waals surface area contributed by atoms with E-state index in [1.807, 2.05) is 36.6 Å². The fourth-order valence-corrected chi connectivity index (χ4v) is 2.37. The standard InChI is InChI=1S/C15H17NO2S/c1-11-10-19-15(16-11)9-18-14-7-5-13(6-8-14)4-3-12(2)17/h5-8,10H,3-4,9H2,1-2H3. The topological polar surface area (TPSA) is 39.2 Å². The van der Waals surface area contributed by atoms with Crippen LogP contribution >= 0.6 is 11.3 Å². The van der Waals surface area contributed by atoms with Crippen molar-refractivity contribution in [1.82, 2.24) is 4.98 Å². The highest BCUT2D eigenvalue weighted by Crippen LogP contribution is 2.16. The van der Waals surface area contributed by atoms with Gasteiger partial charge < -0.3 is 9.53 Å². The number of Topliss-reactive ketones (excluding diaryl/α,β-unsaturated/α-hetero) is 1. The van der Waals surface area contributed by atoms with Crippen molar-refractivity contribution >= 4 is 17.1 Å². The van der Waals surface area contributed by atoms with Crippen LogP contribution in [-0.2, 0) is 17.8 Å². The van der Waals surface area contributed by atoms with Crippen molar-refractivity contribution in [2.75, 3.05) is 0 Å². The van der Waals surface area contributed by atoms with Crippen molar-refractivity contribution in [3.63, 3.8) is 0 Å². The Bertz CT molecular complexity index is 546. The molecule has 1 aromatic carbocycles. The fourth-order valence-electron chi connectivity index (χ4n) is 1.69. The second kappa shape index (κ2) is 6.48. The molecule has 0 fully saturated rings. The Hall–Kier alpha value is -1.68. The van der Waals surface area contributed by atoms with Crippen LogP contribution in [0.5, 0.6) is 5.75 Å². The van der Waals surface area contributed by atoms with Gasteiger partial charge in [0.15, 0.2) is 0 Å². The minimum absolute atomic E-state index is 0.222. The third kappa shape index (κ3) is 4.48. The molecule has 4 heteroatoms. The van der Waals surface area contributed by atoms with Crippen LogP contribution in [0, 0.1) is 6.92 Å². The van der Waals surface area contributed by atoms with E-state index < -0.39 is 0 Å². The summed E-state index contributed by atoms with van der Waals surface area (Å²) in [4.78, 5) is 15.3. The molecule has 0 aliphatic carbocycles. The van der Waals surface area contributed by atoms with Crippen LogP contribution in [0.3, 0.4) is 0 Å². The Labute approximate surface area is 117 Å². The summed E-state index contributed by atoms with van der Waals surface area (Å²) < 4.78 is 5.67. The van der Waals surface area contributed by atoms with Gasteiger partial charge in [0.2, 0.25) is 0 Å². The molecule has 0 spiro atoms. The zero-order chi connectivity index (χ0) is 13.7. The maximum absolute atomic E-state index is 10.9. The van der Waals surface area contributed by atoms with E-state index in [1.54, 1.807) is 18.3 Å². The number of carbonyl (C=O) groups is 1. The van der Waals surface area contributed by atoms with Gasteiger partial charge in [-0.1, -0.05) is 12.1 Å². The number of nitrogens with zero attached hydrogens (tertiary/aromatic N) is 1. The number of hydrogen-bond donors (Lipinski definition) is 0. The Morgan fingerprint density at radius 3 is 2.63 bits per heavy atom. The number of thiazole rings is 1. The minimum atomic E-state index is 0.222. The van der Waals surface area contributed by atoms with Gasteiger partial charge in [-0.15, -0.1) is 11.3 Å². The molecule has 1 heterocycles. The molecule has 2 rings (SSSR count). The Balaban J connectivity index is 1.86. The lowest BCUT2D eigenvalue weighted by Crippen LogP contribution is -1.96. The largest absolute Gasteiger partial charge is 0.486 e. The molecule has 0 radical (unpaired) electrons. The lowest BCUT2D eigenvalue weighted by atomic mass is 10.1. The highest BCUT2D eigenvalue weighted by atomic mass is 32.1. The van der Waals surface area contributed by atoms with Gasteiger partial charge >= 0.3 is 0 Å². The number of benzene rings is 1. The molecule has 1 aromatic heterocycles. The third-order valence-corrected chi connectivity index (χ3v) is 3.66. The van der Waals surface area contributed by atoms with E-state index in [1.165, 1.54) is 0 Å². The molecule has 0 amide bonds. The van der Waals surface area contributed by atoms with Crippen molar-refractivity contribution in [2.24, 2.45) is 0 Å².